The molecule has 0 saturated heterocycles. The van der Waals surface area contributed by atoms with E-state index in [1.165, 1.54) is 0 Å². The van der Waals surface area contributed by atoms with E-state index >= 15 is 0 Å². The molecule has 3 N–H and O–H groups in total. The molecule has 0 aliphatic rings. The van der Waals surface area contributed by atoms with E-state index in [4.69, 9.17) is 10.8 Å². The summed E-state index contributed by atoms with van der Waals surface area (Å²) in [6.45, 7) is -0.0748. The van der Waals surface area contributed by atoms with Gasteiger partial charge in [0.05, 0.1) is 18.3 Å². The van der Waals surface area contributed by atoms with Gasteiger partial charge in [0.25, 0.3) is 0 Å². The van der Waals surface area contributed by atoms with Crippen molar-refractivity contribution in [2.45, 2.75) is 6.04 Å². The van der Waals surface area contributed by atoms with Crippen LogP contribution < -0.4 is 5.73 Å². The maximum atomic E-state index is 8.68. The number of hydrogen-bond acceptors (Lipinski definition) is 3. The summed E-state index contributed by atoms with van der Waals surface area (Å²) in [5.41, 5.74) is 6.22. The molecule has 0 aliphatic carbocycles. The van der Waals surface area contributed by atoms with Gasteiger partial charge in [0.2, 0.25) is 0 Å². The predicted octanol–water partition coefficient (Wildman–Crippen LogP) is 0.836. The lowest BCUT2D eigenvalue weighted by Gasteiger charge is -2.05. The molecule has 0 aliphatic heterocycles. The minimum Gasteiger partial charge on any atom is -0.394 e. The summed E-state index contributed by atoms with van der Waals surface area (Å²) in [6, 6.07) is 3.26. The van der Waals surface area contributed by atoms with E-state index in [9.17, 15) is 0 Å². The average Bonchev–Trinajstić information content (AvgIpc) is 2.05. The van der Waals surface area contributed by atoms with Crippen LogP contribution in [-0.2, 0) is 0 Å². The van der Waals surface area contributed by atoms with Gasteiger partial charge in [0.1, 0.15) is 0 Å². The van der Waals surface area contributed by atoms with Crippen LogP contribution in [0.15, 0.2) is 22.8 Å². The number of nitrogens with zero attached hydrogens (tertiary/aromatic N) is 1. The number of nitrogens with two attached hydrogens (primary N) is 1. The maximum absolute atomic E-state index is 8.68. The smallest absolute Gasteiger partial charge is 0.0704 e. The van der Waals surface area contributed by atoms with Gasteiger partial charge in [0, 0.05) is 10.7 Å². The third-order valence-electron chi connectivity index (χ3n) is 1.33. The summed E-state index contributed by atoms with van der Waals surface area (Å²) in [4.78, 5) is 4.02. The largest absolute Gasteiger partial charge is 0.394 e. The standard InChI is InChI=1S/C7H9BrN2O/c8-5-1-2-7(10-3-5)6(9)4-11/h1-3,6,11H,4,9H2/t6-/m0/s1. The van der Waals surface area contributed by atoms with Crippen molar-refractivity contribution in [3.8, 4) is 0 Å². The Morgan fingerprint density at radius 2 is 2.36 bits per heavy atom. The Morgan fingerprint density at radius 1 is 1.64 bits per heavy atom. The van der Waals surface area contributed by atoms with Crippen molar-refractivity contribution >= 4 is 15.9 Å². The van der Waals surface area contributed by atoms with Crippen molar-refractivity contribution < 1.29 is 5.11 Å². The number of pyridine rings is 1. The molecule has 0 fully saturated rings. The number of aliphatic hydroxyl groups is 1. The Hall–Kier alpha value is -0.450. The SMILES string of the molecule is N[C@@H](CO)c1ccc(Br)cn1. The predicted molar refractivity (Wildman–Crippen MR) is 46.0 cm³/mol. The molecular formula is C7H9BrN2O. The van der Waals surface area contributed by atoms with Gasteiger partial charge in [-0.1, -0.05) is 0 Å². The highest BCUT2D eigenvalue weighted by atomic mass is 79.9. The van der Waals surface area contributed by atoms with Crippen LogP contribution in [0, 0.1) is 0 Å². The lowest BCUT2D eigenvalue weighted by Crippen LogP contribution is -2.15. The molecule has 1 atom stereocenters. The molecule has 60 valence electrons. The Bertz CT molecular complexity index is 224. The van der Waals surface area contributed by atoms with Crippen LogP contribution in [0.25, 0.3) is 0 Å². The fourth-order valence-corrected chi connectivity index (χ4v) is 0.935. The molecule has 4 heteroatoms. The molecule has 0 radical (unpaired) electrons. The van der Waals surface area contributed by atoms with Gasteiger partial charge in [0.15, 0.2) is 0 Å². The van der Waals surface area contributed by atoms with Crippen molar-refractivity contribution in [2.75, 3.05) is 6.61 Å². The van der Waals surface area contributed by atoms with E-state index in [-0.39, 0.29) is 12.6 Å². The highest BCUT2D eigenvalue weighted by Crippen LogP contribution is 2.11. The summed E-state index contributed by atoms with van der Waals surface area (Å²) in [5.74, 6) is 0. The van der Waals surface area contributed by atoms with Crippen LogP contribution in [0.2, 0.25) is 0 Å². The number of rotatable bonds is 2. The summed E-state index contributed by atoms with van der Waals surface area (Å²) < 4.78 is 0.909. The fraction of sp³-hybridized carbons (Fsp3) is 0.286. The van der Waals surface area contributed by atoms with Crippen molar-refractivity contribution in [2.24, 2.45) is 5.73 Å². The number of aliphatic hydroxyl groups excluding tert-OH is 1. The number of hydrogen-bond donors (Lipinski definition) is 2. The lowest BCUT2D eigenvalue weighted by molar-refractivity contribution is 0.266. The van der Waals surface area contributed by atoms with Gasteiger partial charge < -0.3 is 10.8 Å². The van der Waals surface area contributed by atoms with Gasteiger partial charge in [-0.15, -0.1) is 0 Å². The van der Waals surface area contributed by atoms with Crippen LogP contribution in [0.4, 0.5) is 0 Å². The topological polar surface area (TPSA) is 59.1 Å². The van der Waals surface area contributed by atoms with Crippen LogP contribution in [0.3, 0.4) is 0 Å². The van der Waals surface area contributed by atoms with Gasteiger partial charge in [-0.2, -0.15) is 0 Å². The monoisotopic (exact) mass is 216 g/mol. The molecule has 0 amide bonds. The molecule has 0 unspecified atom stereocenters. The van der Waals surface area contributed by atoms with Gasteiger partial charge >= 0.3 is 0 Å². The Balaban J connectivity index is 2.81. The molecule has 3 nitrogen and oxygen atoms in total. The van der Waals surface area contributed by atoms with E-state index < -0.39 is 0 Å². The van der Waals surface area contributed by atoms with Gasteiger partial charge in [-0.25, -0.2) is 0 Å². The fourth-order valence-electron chi connectivity index (χ4n) is 0.700. The second-order valence-electron chi connectivity index (χ2n) is 2.19. The summed E-state index contributed by atoms with van der Waals surface area (Å²) in [5, 5.41) is 8.68. The van der Waals surface area contributed by atoms with Gasteiger partial charge in [-0.05, 0) is 28.1 Å². The zero-order valence-electron chi connectivity index (χ0n) is 5.87. The van der Waals surface area contributed by atoms with Crippen LogP contribution >= 0.6 is 15.9 Å². The van der Waals surface area contributed by atoms with Crippen LogP contribution in [0.1, 0.15) is 11.7 Å². The van der Waals surface area contributed by atoms with E-state index in [1.807, 2.05) is 6.07 Å². The number of halogens is 1. The summed E-state index contributed by atoms with van der Waals surface area (Å²) >= 11 is 3.25. The van der Waals surface area contributed by atoms with E-state index in [0.717, 1.165) is 4.47 Å². The zero-order valence-corrected chi connectivity index (χ0v) is 7.45. The molecule has 1 heterocycles. The highest BCUT2D eigenvalue weighted by Gasteiger charge is 2.03. The minimum absolute atomic E-state index is 0.0748. The first-order chi connectivity index (χ1) is 5.24. The Labute approximate surface area is 73.4 Å². The second-order valence-corrected chi connectivity index (χ2v) is 3.11. The van der Waals surface area contributed by atoms with E-state index in [0.29, 0.717) is 5.69 Å². The third kappa shape index (κ3) is 2.25. The van der Waals surface area contributed by atoms with Crippen LogP contribution in [0.5, 0.6) is 0 Å². The molecule has 0 aromatic carbocycles. The average molecular weight is 217 g/mol. The zero-order chi connectivity index (χ0) is 8.27. The van der Waals surface area contributed by atoms with E-state index in [1.54, 1.807) is 12.3 Å². The number of aromatic nitrogens is 1. The minimum atomic E-state index is -0.372. The van der Waals surface area contributed by atoms with Crippen molar-refractivity contribution in [1.82, 2.24) is 4.98 Å². The lowest BCUT2D eigenvalue weighted by atomic mass is 10.2. The molecular weight excluding hydrogens is 208 g/mol. The summed E-state index contributed by atoms with van der Waals surface area (Å²) in [7, 11) is 0. The third-order valence-corrected chi connectivity index (χ3v) is 1.80. The molecule has 1 aromatic heterocycles. The molecule has 0 bridgehead atoms. The second kappa shape index (κ2) is 3.80. The normalized spacial score (nSPS) is 13.0. The molecule has 1 rings (SSSR count). The molecule has 0 spiro atoms. The first kappa shape index (κ1) is 8.64. The molecule has 0 saturated carbocycles. The van der Waals surface area contributed by atoms with Crippen molar-refractivity contribution in [3.63, 3.8) is 0 Å². The Kier molecular flexibility index (Phi) is 2.99. The maximum Gasteiger partial charge on any atom is 0.0704 e. The van der Waals surface area contributed by atoms with Crippen molar-refractivity contribution in [1.29, 1.82) is 0 Å². The highest BCUT2D eigenvalue weighted by molar-refractivity contribution is 9.10. The van der Waals surface area contributed by atoms with Gasteiger partial charge in [-0.3, -0.25) is 4.98 Å². The molecule has 1 aromatic rings. The first-order valence-corrected chi connectivity index (χ1v) is 4.01. The first-order valence-electron chi connectivity index (χ1n) is 3.22. The van der Waals surface area contributed by atoms with Crippen LogP contribution in [-0.4, -0.2) is 16.7 Å². The quantitative estimate of drug-likeness (QED) is 0.771. The van der Waals surface area contributed by atoms with E-state index in [2.05, 4.69) is 20.9 Å². The van der Waals surface area contributed by atoms with Crippen molar-refractivity contribution in [3.05, 3.63) is 28.5 Å². The molecule has 11 heavy (non-hydrogen) atoms. The summed E-state index contributed by atoms with van der Waals surface area (Å²) in [6.07, 6.45) is 1.66. The Morgan fingerprint density at radius 3 is 2.82 bits per heavy atom.